The molecule has 0 bridgehead atoms. The summed E-state index contributed by atoms with van der Waals surface area (Å²) >= 11 is 0. The summed E-state index contributed by atoms with van der Waals surface area (Å²) < 4.78 is 24.9. The van der Waals surface area contributed by atoms with Crippen LogP contribution in [0.3, 0.4) is 0 Å². The van der Waals surface area contributed by atoms with E-state index in [0.717, 1.165) is 66.0 Å². The fraction of sp³-hybridized carbons (Fsp3) is 0.290. The van der Waals surface area contributed by atoms with Gasteiger partial charge in [-0.3, -0.25) is 9.29 Å². The van der Waals surface area contributed by atoms with Crippen molar-refractivity contribution >= 4 is 22.0 Å². The molecular formula is C31H31FN2O3. The Morgan fingerprint density at radius 2 is 1.89 bits per heavy atom. The number of hydrogen-bond donors (Lipinski definition) is 2. The fourth-order valence-corrected chi connectivity index (χ4v) is 5.51. The van der Waals surface area contributed by atoms with Crippen LogP contribution in [0.4, 0.5) is 4.39 Å². The molecule has 0 aliphatic carbocycles. The lowest BCUT2D eigenvalue weighted by Crippen LogP contribution is -2.26. The summed E-state index contributed by atoms with van der Waals surface area (Å²) in [4.78, 5) is 5.60. The first-order valence-electron chi connectivity index (χ1n) is 13.0. The van der Waals surface area contributed by atoms with Crippen molar-refractivity contribution in [3.63, 3.8) is 0 Å². The topological polar surface area (TPSA) is 57.7 Å². The number of aromatic amines is 1. The standard InChI is InChI=1S/C31H31FN2O3/c32-13-1-15-34-16-11-26(20-34)37-25-7-4-22(5-8-25)31-27(23-3-2-21-10-14-33-29(21)18-23)12-17-36-30-19-24(35)6-9-28(30)31/h2-10,14,18-19,26,33,35H,1,11-13,15-17,20H2/t26-/m0/s1. The Hall–Kier alpha value is -3.77. The maximum Gasteiger partial charge on any atom is 0.130 e. The first-order chi connectivity index (χ1) is 18.2. The second-order valence-electron chi connectivity index (χ2n) is 9.81. The minimum atomic E-state index is -0.270. The molecule has 6 heteroatoms. The minimum absolute atomic E-state index is 0.128. The summed E-state index contributed by atoms with van der Waals surface area (Å²) in [5.41, 5.74) is 6.58. The molecule has 4 aromatic rings. The van der Waals surface area contributed by atoms with Crippen LogP contribution in [-0.4, -0.2) is 54.0 Å². The van der Waals surface area contributed by atoms with E-state index in [-0.39, 0.29) is 18.5 Å². The largest absolute Gasteiger partial charge is 0.508 e. The van der Waals surface area contributed by atoms with Crippen molar-refractivity contribution in [1.29, 1.82) is 0 Å². The summed E-state index contributed by atoms with van der Waals surface area (Å²) in [7, 11) is 0. The van der Waals surface area contributed by atoms with E-state index in [1.165, 1.54) is 11.0 Å². The van der Waals surface area contributed by atoms with Gasteiger partial charge >= 0.3 is 0 Å². The number of hydrogen-bond acceptors (Lipinski definition) is 4. The van der Waals surface area contributed by atoms with Gasteiger partial charge in [-0.2, -0.15) is 0 Å². The van der Waals surface area contributed by atoms with Gasteiger partial charge in [-0.25, -0.2) is 0 Å². The number of alkyl halides is 1. The molecule has 3 aromatic carbocycles. The predicted molar refractivity (Wildman–Crippen MR) is 145 cm³/mol. The zero-order valence-corrected chi connectivity index (χ0v) is 20.8. The van der Waals surface area contributed by atoms with Crippen LogP contribution in [0, 0.1) is 0 Å². The molecule has 2 aliphatic heterocycles. The lowest BCUT2D eigenvalue weighted by molar-refractivity contribution is 0.198. The SMILES string of the molecule is Oc1ccc2c(c1)OCCC(c1ccc3cc[nH]c3c1)=C2c1ccc(O[C@H]2CCN(CCCF)C2)cc1. The second kappa shape index (κ2) is 10.3. The summed E-state index contributed by atoms with van der Waals surface area (Å²) in [5, 5.41) is 11.3. The number of nitrogens with one attached hydrogen (secondary N) is 1. The smallest absolute Gasteiger partial charge is 0.130 e. The molecule has 2 N–H and O–H groups in total. The van der Waals surface area contributed by atoms with E-state index in [9.17, 15) is 9.50 Å². The second-order valence-corrected chi connectivity index (χ2v) is 9.81. The van der Waals surface area contributed by atoms with Crippen molar-refractivity contribution in [3.8, 4) is 17.2 Å². The fourth-order valence-electron chi connectivity index (χ4n) is 5.51. The van der Waals surface area contributed by atoms with Crippen molar-refractivity contribution in [2.24, 2.45) is 0 Å². The maximum absolute atomic E-state index is 12.5. The van der Waals surface area contributed by atoms with Crippen molar-refractivity contribution < 1.29 is 19.0 Å². The molecule has 37 heavy (non-hydrogen) atoms. The number of phenolic OH excluding ortho intramolecular Hbond substituents is 1. The lowest BCUT2D eigenvalue weighted by atomic mass is 9.88. The van der Waals surface area contributed by atoms with E-state index in [0.29, 0.717) is 18.8 Å². The van der Waals surface area contributed by atoms with Crippen LogP contribution in [0.5, 0.6) is 17.2 Å². The molecule has 0 amide bonds. The van der Waals surface area contributed by atoms with Crippen LogP contribution < -0.4 is 9.47 Å². The van der Waals surface area contributed by atoms with Gasteiger partial charge in [-0.15, -0.1) is 0 Å². The highest BCUT2D eigenvalue weighted by molar-refractivity contribution is 6.01. The van der Waals surface area contributed by atoms with Gasteiger partial charge < -0.3 is 19.6 Å². The predicted octanol–water partition coefficient (Wildman–Crippen LogP) is 6.43. The number of aromatic hydroxyl groups is 1. The van der Waals surface area contributed by atoms with E-state index in [4.69, 9.17) is 9.47 Å². The number of phenols is 1. The van der Waals surface area contributed by atoms with Crippen LogP contribution in [-0.2, 0) is 0 Å². The highest BCUT2D eigenvalue weighted by Gasteiger charge is 2.25. The maximum atomic E-state index is 12.5. The van der Waals surface area contributed by atoms with Crippen LogP contribution in [0.25, 0.3) is 22.0 Å². The number of ether oxygens (including phenoxy) is 2. The Balaban J connectivity index is 1.35. The number of halogens is 1. The third-order valence-electron chi connectivity index (χ3n) is 7.33. The first-order valence-corrected chi connectivity index (χ1v) is 13.0. The van der Waals surface area contributed by atoms with E-state index in [2.05, 4.69) is 46.3 Å². The number of likely N-dealkylation sites (tertiary alicyclic amines) is 1. The Morgan fingerprint density at radius 1 is 1.03 bits per heavy atom. The Morgan fingerprint density at radius 3 is 2.76 bits per heavy atom. The normalized spacial score (nSPS) is 18.0. The summed E-state index contributed by atoms with van der Waals surface area (Å²) in [5.74, 6) is 1.72. The number of rotatable bonds is 7. The molecular weight excluding hydrogens is 467 g/mol. The molecule has 0 unspecified atom stereocenters. The first kappa shape index (κ1) is 23.6. The quantitative estimate of drug-likeness (QED) is 0.308. The summed E-state index contributed by atoms with van der Waals surface area (Å²) in [6.45, 7) is 2.84. The third-order valence-corrected chi connectivity index (χ3v) is 7.33. The van der Waals surface area contributed by atoms with Crippen LogP contribution in [0.15, 0.2) is 72.9 Å². The molecule has 1 atom stereocenters. The van der Waals surface area contributed by atoms with Gasteiger partial charge in [0.15, 0.2) is 0 Å². The third kappa shape index (κ3) is 4.94. The van der Waals surface area contributed by atoms with Crippen molar-refractivity contribution in [1.82, 2.24) is 9.88 Å². The summed E-state index contributed by atoms with van der Waals surface area (Å²) in [6.07, 6.45) is 4.37. The number of fused-ring (bicyclic) bond motifs is 2. The molecule has 190 valence electrons. The number of aromatic nitrogens is 1. The van der Waals surface area contributed by atoms with Gasteiger partial charge in [-0.05, 0) is 76.9 Å². The highest BCUT2D eigenvalue weighted by atomic mass is 19.1. The zero-order valence-electron chi connectivity index (χ0n) is 20.8. The van der Waals surface area contributed by atoms with Gasteiger partial charge in [0, 0.05) is 49.4 Å². The van der Waals surface area contributed by atoms with Gasteiger partial charge in [0.2, 0.25) is 0 Å². The Labute approximate surface area is 216 Å². The highest BCUT2D eigenvalue weighted by Crippen LogP contribution is 2.42. The number of benzene rings is 3. The zero-order chi connectivity index (χ0) is 25.2. The number of H-pyrrole nitrogens is 1. The van der Waals surface area contributed by atoms with E-state index < -0.39 is 0 Å². The van der Waals surface area contributed by atoms with Crippen LogP contribution in [0.1, 0.15) is 36.0 Å². The van der Waals surface area contributed by atoms with Gasteiger partial charge in [0.25, 0.3) is 0 Å². The molecule has 3 heterocycles. The van der Waals surface area contributed by atoms with E-state index in [1.54, 1.807) is 12.1 Å². The molecule has 1 aromatic heterocycles. The molecule has 0 radical (unpaired) electrons. The molecule has 0 spiro atoms. The van der Waals surface area contributed by atoms with Crippen molar-refractivity contribution in [3.05, 3.63) is 89.6 Å². The Bertz CT molecular complexity index is 1430. The van der Waals surface area contributed by atoms with E-state index >= 15 is 0 Å². The van der Waals surface area contributed by atoms with Gasteiger partial charge in [-0.1, -0.05) is 24.3 Å². The molecule has 1 saturated heterocycles. The monoisotopic (exact) mass is 498 g/mol. The molecule has 0 saturated carbocycles. The van der Waals surface area contributed by atoms with Crippen LogP contribution >= 0.6 is 0 Å². The summed E-state index contributed by atoms with van der Waals surface area (Å²) in [6, 6.07) is 22.2. The van der Waals surface area contributed by atoms with Crippen molar-refractivity contribution in [2.75, 3.05) is 32.9 Å². The molecule has 5 nitrogen and oxygen atoms in total. The Kier molecular flexibility index (Phi) is 6.58. The number of nitrogens with zero attached hydrogens (tertiary/aromatic N) is 1. The lowest BCUT2D eigenvalue weighted by Gasteiger charge is -2.18. The average molecular weight is 499 g/mol. The van der Waals surface area contributed by atoms with Crippen molar-refractivity contribution in [2.45, 2.75) is 25.4 Å². The van der Waals surface area contributed by atoms with Crippen LogP contribution in [0.2, 0.25) is 0 Å². The average Bonchev–Trinajstić information content (AvgIpc) is 3.53. The molecule has 2 aliphatic rings. The van der Waals surface area contributed by atoms with Gasteiger partial charge in [0.1, 0.15) is 23.4 Å². The van der Waals surface area contributed by atoms with E-state index in [1.807, 2.05) is 24.4 Å². The molecule has 1 fully saturated rings. The molecule has 6 rings (SSSR count). The minimum Gasteiger partial charge on any atom is -0.508 e. The van der Waals surface area contributed by atoms with Gasteiger partial charge in [0.05, 0.1) is 13.3 Å².